The minimum Gasteiger partial charge on any atom is -0.508 e. The third kappa shape index (κ3) is 4.11. The van der Waals surface area contributed by atoms with Crippen molar-refractivity contribution in [3.63, 3.8) is 0 Å². The molecule has 116 valence electrons. The van der Waals surface area contributed by atoms with E-state index in [1.165, 1.54) is 12.1 Å². The largest absolute Gasteiger partial charge is 0.508 e. The normalized spacial score (nSPS) is 25.6. The zero-order valence-electron chi connectivity index (χ0n) is 12.2. The molecule has 0 radical (unpaired) electrons. The lowest BCUT2D eigenvalue weighted by Crippen LogP contribution is -2.45. The predicted molar refractivity (Wildman–Crippen MR) is 82.4 cm³/mol. The van der Waals surface area contributed by atoms with Crippen LogP contribution < -0.4 is 5.32 Å². The van der Waals surface area contributed by atoms with Gasteiger partial charge in [0, 0.05) is 17.0 Å². The number of aromatic hydroxyl groups is 1. The number of carbonyl (C=O) groups is 1. The molecule has 0 aromatic heterocycles. The molecule has 0 heterocycles. The Bertz CT molecular complexity index is 520. The summed E-state index contributed by atoms with van der Waals surface area (Å²) in [5, 5.41) is 22.7. The topological polar surface area (TPSA) is 69.6 Å². The molecule has 2 atom stereocenters. The highest BCUT2D eigenvalue weighted by molar-refractivity contribution is 6.31. The Labute approximate surface area is 130 Å². The maximum atomic E-state index is 12.0. The third-order valence-corrected chi connectivity index (χ3v) is 4.71. The molecule has 5 heteroatoms. The summed E-state index contributed by atoms with van der Waals surface area (Å²) in [4.78, 5) is 12.0. The van der Waals surface area contributed by atoms with Crippen LogP contribution in [-0.4, -0.2) is 28.8 Å². The van der Waals surface area contributed by atoms with E-state index >= 15 is 0 Å². The van der Waals surface area contributed by atoms with Crippen molar-refractivity contribution in [1.29, 1.82) is 0 Å². The minimum atomic E-state index is -0.358. The number of carbonyl (C=O) groups excluding carboxylic acids is 1. The summed E-state index contributed by atoms with van der Waals surface area (Å²) >= 11 is 5.99. The van der Waals surface area contributed by atoms with E-state index in [4.69, 9.17) is 11.6 Å². The summed E-state index contributed by atoms with van der Waals surface area (Å²) in [6.45, 7) is 2.49. The second-order valence-electron chi connectivity index (χ2n) is 6.14. The standard InChI is InChI=1S/C16H22ClNO3/c1-16(7-3-2-4-14(16)20)10-18-15(21)8-11-5-6-12(19)9-13(11)17/h5-6,9,14,19-20H,2-4,7-8,10H2,1H3,(H,18,21). The first-order chi connectivity index (χ1) is 9.90. The molecule has 2 rings (SSSR count). The molecule has 1 saturated carbocycles. The van der Waals surface area contributed by atoms with Crippen LogP contribution in [0.15, 0.2) is 18.2 Å². The van der Waals surface area contributed by atoms with Crippen molar-refractivity contribution in [2.45, 2.75) is 45.1 Å². The van der Waals surface area contributed by atoms with Crippen LogP contribution in [-0.2, 0) is 11.2 Å². The third-order valence-electron chi connectivity index (χ3n) is 4.36. The monoisotopic (exact) mass is 311 g/mol. The Balaban J connectivity index is 1.90. The van der Waals surface area contributed by atoms with Crippen LogP contribution in [0, 0.1) is 5.41 Å². The summed E-state index contributed by atoms with van der Waals surface area (Å²) in [6.07, 6.45) is 3.68. The average Bonchev–Trinajstić information content (AvgIpc) is 2.43. The smallest absolute Gasteiger partial charge is 0.224 e. The summed E-state index contributed by atoms with van der Waals surface area (Å²) in [5.41, 5.74) is 0.438. The second kappa shape index (κ2) is 6.67. The highest BCUT2D eigenvalue weighted by Crippen LogP contribution is 2.35. The molecule has 4 nitrogen and oxygen atoms in total. The van der Waals surface area contributed by atoms with Gasteiger partial charge in [-0.25, -0.2) is 0 Å². The molecule has 1 aromatic rings. The molecular weight excluding hydrogens is 290 g/mol. The molecule has 1 aromatic carbocycles. The van der Waals surface area contributed by atoms with Crippen molar-refractivity contribution in [1.82, 2.24) is 5.32 Å². The Morgan fingerprint density at radius 3 is 2.90 bits per heavy atom. The Kier molecular flexibility index (Phi) is 5.12. The van der Waals surface area contributed by atoms with Crippen molar-refractivity contribution >= 4 is 17.5 Å². The summed E-state index contributed by atoms with van der Waals surface area (Å²) in [5.74, 6) is -0.0383. The predicted octanol–water partition coefficient (Wildman–Crippen LogP) is 2.65. The van der Waals surface area contributed by atoms with Crippen LogP contribution in [0.4, 0.5) is 0 Å². The van der Waals surface area contributed by atoms with E-state index in [2.05, 4.69) is 5.32 Å². The molecule has 0 bridgehead atoms. The number of rotatable bonds is 4. The van der Waals surface area contributed by atoms with Crippen molar-refractivity contribution in [3.8, 4) is 5.75 Å². The number of aliphatic hydroxyl groups is 1. The molecule has 1 fully saturated rings. The molecule has 3 N–H and O–H groups in total. The number of phenols is 1. The number of benzene rings is 1. The fourth-order valence-electron chi connectivity index (χ4n) is 2.80. The van der Waals surface area contributed by atoms with Gasteiger partial charge in [0.15, 0.2) is 0 Å². The van der Waals surface area contributed by atoms with Crippen molar-refractivity contribution < 1.29 is 15.0 Å². The summed E-state index contributed by atoms with van der Waals surface area (Å²) < 4.78 is 0. The zero-order chi connectivity index (χ0) is 15.5. The number of aliphatic hydroxyl groups excluding tert-OH is 1. The number of nitrogens with one attached hydrogen (secondary N) is 1. The lowest BCUT2D eigenvalue weighted by atomic mass is 9.73. The van der Waals surface area contributed by atoms with Crippen LogP contribution in [0.1, 0.15) is 38.2 Å². The fourth-order valence-corrected chi connectivity index (χ4v) is 3.04. The van der Waals surface area contributed by atoms with Gasteiger partial charge in [-0.2, -0.15) is 0 Å². The summed E-state index contributed by atoms with van der Waals surface area (Å²) in [7, 11) is 0. The van der Waals surface area contributed by atoms with E-state index in [0.717, 1.165) is 25.7 Å². The lowest BCUT2D eigenvalue weighted by Gasteiger charge is -2.38. The number of hydrogen-bond acceptors (Lipinski definition) is 3. The number of amides is 1. The first-order valence-corrected chi connectivity index (χ1v) is 7.71. The van der Waals surface area contributed by atoms with Crippen molar-refractivity contribution in [2.24, 2.45) is 5.41 Å². The van der Waals surface area contributed by atoms with Gasteiger partial charge in [-0.1, -0.05) is 37.4 Å². The first kappa shape index (κ1) is 16.1. The molecular formula is C16H22ClNO3. The van der Waals surface area contributed by atoms with Gasteiger partial charge in [0.25, 0.3) is 0 Å². The Morgan fingerprint density at radius 2 is 2.24 bits per heavy atom. The molecule has 21 heavy (non-hydrogen) atoms. The molecule has 0 saturated heterocycles. The number of halogens is 1. The highest BCUT2D eigenvalue weighted by Gasteiger charge is 2.35. The first-order valence-electron chi connectivity index (χ1n) is 7.33. The van der Waals surface area contributed by atoms with Gasteiger partial charge < -0.3 is 15.5 Å². The van der Waals surface area contributed by atoms with Crippen LogP contribution >= 0.6 is 11.6 Å². The Morgan fingerprint density at radius 1 is 1.48 bits per heavy atom. The van der Waals surface area contributed by atoms with E-state index in [9.17, 15) is 15.0 Å². The van der Waals surface area contributed by atoms with Gasteiger partial charge in [0.05, 0.1) is 12.5 Å². The number of hydrogen-bond donors (Lipinski definition) is 3. The number of phenolic OH excluding ortho intramolecular Hbond substituents is 1. The van der Waals surface area contributed by atoms with Crippen LogP contribution in [0.2, 0.25) is 5.02 Å². The van der Waals surface area contributed by atoms with E-state index in [1.54, 1.807) is 6.07 Å². The molecule has 1 amide bonds. The van der Waals surface area contributed by atoms with Gasteiger partial charge in [0.2, 0.25) is 5.91 Å². The van der Waals surface area contributed by atoms with Crippen LogP contribution in [0.5, 0.6) is 5.75 Å². The van der Waals surface area contributed by atoms with E-state index in [-0.39, 0.29) is 29.6 Å². The van der Waals surface area contributed by atoms with Gasteiger partial charge >= 0.3 is 0 Å². The van der Waals surface area contributed by atoms with E-state index < -0.39 is 0 Å². The van der Waals surface area contributed by atoms with Gasteiger partial charge in [-0.05, 0) is 30.5 Å². The lowest BCUT2D eigenvalue weighted by molar-refractivity contribution is -0.121. The van der Waals surface area contributed by atoms with Gasteiger partial charge in [0.1, 0.15) is 5.75 Å². The fraction of sp³-hybridized carbons (Fsp3) is 0.562. The van der Waals surface area contributed by atoms with Gasteiger partial charge in [-0.3, -0.25) is 4.79 Å². The summed E-state index contributed by atoms with van der Waals surface area (Å²) in [6, 6.07) is 4.59. The molecule has 1 aliphatic carbocycles. The highest BCUT2D eigenvalue weighted by atomic mass is 35.5. The van der Waals surface area contributed by atoms with E-state index in [1.807, 2.05) is 6.92 Å². The molecule has 0 aliphatic heterocycles. The quantitative estimate of drug-likeness (QED) is 0.800. The van der Waals surface area contributed by atoms with Crippen molar-refractivity contribution in [2.75, 3.05) is 6.54 Å². The average molecular weight is 312 g/mol. The zero-order valence-corrected chi connectivity index (χ0v) is 13.0. The second-order valence-corrected chi connectivity index (χ2v) is 6.55. The van der Waals surface area contributed by atoms with Crippen molar-refractivity contribution in [3.05, 3.63) is 28.8 Å². The van der Waals surface area contributed by atoms with Crippen LogP contribution in [0.25, 0.3) is 0 Å². The van der Waals surface area contributed by atoms with E-state index in [0.29, 0.717) is 17.1 Å². The maximum Gasteiger partial charge on any atom is 0.224 e. The SMILES string of the molecule is CC1(CNC(=O)Cc2ccc(O)cc2Cl)CCCCC1O. The molecule has 0 spiro atoms. The molecule has 2 unspecified atom stereocenters. The maximum absolute atomic E-state index is 12.0. The Hall–Kier alpha value is -1.26. The minimum absolute atomic E-state index is 0.0852. The van der Waals surface area contributed by atoms with Gasteiger partial charge in [-0.15, -0.1) is 0 Å². The van der Waals surface area contributed by atoms with Crippen LogP contribution in [0.3, 0.4) is 0 Å². The molecule has 1 aliphatic rings.